The molecule has 0 radical (unpaired) electrons. The Hall–Kier alpha value is -3.28. The van der Waals surface area contributed by atoms with Crippen LogP contribution in [0.5, 0.6) is 0 Å². The van der Waals surface area contributed by atoms with Crippen LogP contribution < -0.4 is 16.0 Å². The van der Waals surface area contributed by atoms with E-state index in [2.05, 4.69) is 61.6 Å². The highest BCUT2D eigenvalue weighted by atomic mass is 16.2. The highest BCUT2D eigenvalue weighted by molar-refractivity contribution is 5.93. The first-order valence-corrected chi connectivity index (χ1v) is 11.4. The standard InChI is InChI=1S/C26H33N5O/c1-18-8-4-5-9-19(18)17-31(26(27)32)21-14-12-20(13-15-21)28-25-16-24(30(2)3)22-10-6-7-11-23(22)29-25/h4-11,16,20-21H,12-15,17H2,1-3H3,(H2,27,32)(H,28,29). The third-order valence-corrected chi connectivity index (χ3v) is 6.55. The zero-order chi connectivity index (χ0) is 22.7. The van der Waals surface area contributed by atoms with Gasteiger partial charge in [0, 0.05) is 49.9 Å². The van der Waals surface area contributed by atoms with Crippen LogP contribution in [-0.4, -0.2) is 42.1 Å². The number of pyridine rings is 1. The molecule has 0 unspecified atom stereocenters. The van der Waals surface area contributed by atoms with Gasteiger partial charge >= 0.3 is 6.03 Å². The van der Waals surface area contributed by atoms with Gasteiger partial charge in [0.05, 0.1) is 5.52 Å². The molecule has 0 spiro atoms. The molecule has 4 rings (SSSR count). The molecular formula is C26H33N5O. The van der Waals surface area contributed by atoms with Crippen LogP contribution in [0.4, 0.5) is 16.3 Å². The van der Waals surface area contributed by atoms with E-state index in [1.807, 2.05) is 29.2 Å². The molecule has 1 aliphatic carbocycles. The average molecular weight is 432 g/mol. The molecule has 6 heteroatoms. The summed E-state index contributed by atoms with van der Waals surface area (Å²) < 4.78 is 0. The summed E-state index contributed by atoms with van der Waals surface area (Å²) in [5.41, 5.74) is 10.3. The highest BCUT2D eigenvalue weighted by Gasteiger charge is 2.28. The Morgan fingerprint density at radius 1 is 1.06 bits per heavy atom. The number of hydrogen-bond acceptors (Lipinski definition) is 4. The number of carbonyl (C=O) groups is 1. The van der Waals surface area contributed by atoms with E-state index in [0.717, 1.165) is 53.7 Å². The van der Waals surface area contributed by atoms with Crippen molar-refractivity contribution in [1.82, 2.24) is 9.88 Å². The molecule has 0 aliphatic heterocycles. The monoisotopic (exact) mass is 431 g/mol. The predicted octanol–water partition coefficient (Wildman–Crippen LogP) is 4.91. The van der Waals surface area contributed by atoms with E-state index in [4.69, 9.17) is 10.7 Å². The smallest absolute Gasteiger partial charge is 0.315 e. The number of carbonyl (C=O) groups excluding carboxylic acids is 1. The van der Waals surface area contributed by atoms with Gasteiger partial charge in [0.15, 0.2) is 0 Å². The molecule has 1 aliphatic rings. The molecule has 1 fully saturated rings. The molecule has 0 saturated heterocycles. The molecule has 168 valence electrons. The number of nitrogens with two attached hydrogens (primary N) is 1. The number of para-hydroxylation sites is 1. The Bertz CT molecular complexity index is 1090. The number of amides is 2. The molecule has 1 aromatic heterocycles. The number of aromatic nitrogens is 1. The summed E-state index contributed by atoms with van der Waals surface area (Å²) >= 11 is 0. The van der Waals surface area contributed by atoms with Crippen LogP contribution in [0.25, 0.3) is 10.9 Å². The lowest BCUT2D eigenvalue weighted by Crippen LogP contribution is -2.46. The summed E-state index contributed by atoms with van der Waals surface area (Å²) in [6, 6.07) is 18.7. The summed E-state index contributed by atoms with van der Waals surface area (Å²) in [6.07, 6.45) is 3.82. The molecule has 32 heavy (non-hydrogen) atoms. The lowest BCUT2D eigenvalue weighted by Gasteiger charge is -2.36. The van der Waals surface area contributed by atoms with Gasteiger partial charge < -0.3 is 20.9 Å². The maximum atomic E-state index is 12.2. The van der Waals surface area contributed by atoms with Crippen molar-refractivity contribution in [2.45, 2.75) is 51.2 Å². The maximum Gasteiger partial charge on any atom is 0.315 e. The largest absolute Gasteiger partial charge is 0.377 e. The van der Waals surface area contributed by atoms with Crippen LogP contribution in [0.1, 0.15) is 36.8 Å². The topological polar surface area (TPSA) is 74.5 Å². The molecule has 1 saturated carbocycles. The quantitative estimate of drug-likeness (QED) is 0.581. The zero-order valence-corrected chi connectivity index (χ0v) is 19.2. The third kappa shape index (κ3) is 4.79. The van der Waals surface area contributed by atoms with Crippen molar-refractivity contribution >= 4 is 28.4 Å². The number of nitrogens with zero attached hydrogens (tertiary/aromatic N) is 3. The molecule has 3 aromatic rings. The number of nitrogens with one attached hydrogen (secondary N) is 1. The van der Waals surface area contributed by atoms with Crippen molar-refractivity contribution in [3.05, 3.63) is 65.7 Å². The molecule has 1 heterocycles. The number of aryl methyl sites for hydroxylation is 1. The lowest BCUT2D eigenvalue weighted by molar-refractivity contribution is 0.156. The Kier molecular flexibility index (Phi) is 6.49. The second-order valence-corrected chi connectivity index (χ2v) is 8.98. The maximum absolute atomic E-state index is 12.2. The van der Waals surface area contributed by atoms with Crippen molar-refractivity contribution in [3.63, 3.8) is 0 Å². The van der Waals surface area contributed by atoms with Crippen molar-refractivity contribution in [2.24, 2.45) is 5.73 Å². The van der Waals surface area contributed by atoms with E-state index in [0.29, 0.717) is 12.6 Å². The molecular weight excluding hydrogens is 398 g/mol. The summed E-state index contributed by atoms with van der Waals surface area (Å²) in [5, 5.41) is 4.80. The average Bonchev–Trinajstić information content (AvgIpc) is 2.78. The zero-order valence-electron chi connectivity index (χ0n) is 19.2. The number of anilines is 2. The van der Waals surface area contributed by atoms with Gasteiger partial charge in [-0.2, -0.15) is 0 Å². The fourth-order valence-electron chi connectivity index (χ4n) is 4.70. The first-order chi connectivity index (χ1) is 15.4. The van der Waals surface area contributed by atoms with Crippen molar-refractivity contribution in [3.8, 4) is 0 Å². The Morgan fingerprint density at radius 2 is 1.75 bits per heavy atom. The number of urea groups is 1. The van der Waals surface area contributed by atoms with Crippen LogP contribution in [0.3, 0.4) is 0 Å². The number of rotatable bonds is 6. The molecule has 0 bridgehead atoms. The van der Waals surface area contributed by atoms with Gasteiger partial charge in [-0.1, -0.05) is 42.5 Å². The van der Waals surface area contributed by atoms with Crippen LogP contribution in [0.2, 0.25) is 0 Å². The van der Waals surface area contributed by atoms with E-state index < -0.39 is 0 Å². The Labute approximate surface area is 190 Å². The summed E-state index contributed by atoms with van der Waals surface area (Å²) in [6.45, 7) is 2.65. The van der Waals surface area contributed by atoms with E-state index in [9.17, 15) is 4.79 Å². The number of benzene rings is 2. The fraction of sp³-hybridized carbons (Fsp3) is 0.385. The molecule has 6 nitrogen and oxygen atoms in total. The van der Waals surface area contributed by atoms with Gasteiger partial charge in [0.25, 0.3) is 0 Å². The van der Waals surface area contributed by atoms with Crippen LogP contribution in [0.15, 0.2) is 54.6 Å². The molecule has 3 N–H and O–H groups in total. The van der Waals surface area contributed by atoms with Crippen LogP contribution in [-0.2, 0) is 6.54 Å². The number of primary amides is 1. The van der Waals surface area contributed by atoms with Gasteiger partial charge in [0.2, 0.25) is 0 Å². The van der Waals surface area contributed by atoms with E-state index in [1.165, 1.54) is 5.56 Å². The fourth-order valence-corrected chi connectivity index (χ4v) is 4.70. The molecule has 2 amide bonds. The second-order valence-electron chi connectivity index (χ2n) is 8.98. The van der Waals surface area contributed by atoms with Crippen LogP contribution >= 0.6 is 0 Å². The number of hydrogen-bond donors (Lipinski definition) is 2. The lowest BCUT2D eigenvalue weighted by atomic mass is 9.89. The first kappa shape index (κ1) is 21.9. The van der Waals surface area contributed by atoms with Crippen molar-refractivity contribution in [1.29, 1.82) is 0 Å². The minimum Gasteiger partial charge on any atom is -0.377 e. The van der Waals surface area contributed by atoms with Crippen molar-refractivity contribution in [2.75, 3.05) is 24.3 Å². The summed E-state index contributed by atoms with van der Waals surface area (Å²) in [5.74, 6) is 0.905. The Balaban J connectivity index is 1.43. The summed E-state index contributed by atoms with van der Waals surface area (Å²) in [7, 11) is 4.12. The van der Waals surface area contributed by atoms with E-state index in [1.54, 1.807) is 0 Å². The third-order valence-electron chi connectivity index (χ3n) is 6.55. The normalized spacial score (nSPS) is 18.3. The van der Waals surface area contributed by atoms with Gasteiger partial charge in [-0.15, -0.1) is 0 Å². The summed E-state index contributed by atoms with van der Waals surface area (Å²) in [4.78, 5) is 21.0. The Morgan fingerprint density at radius 3 is 2.44 bits per heavy atom. The van der Waals surface area contributed by atoms with E-state index in [-0.39, 0.29) is 12.1 Å². The van der Waals surface area contributed by atoms with E-state index >= 15 is 0 Å². The SMILES string of the molecule is Cc1ccccc1CN(C(N)=O)C1CCC(Nc2cc(N(C)C)c3ccccc3n2)CC1. The van der Waals surface area contributed by atoms with Gasteiger partial charge in [-0.25, -0.2) is 9.78 Å². The van der Waals surface area contributed by atoms with Gasteiger partial charge in [-0.05, 0) is 49.8 Å². The highest BCUT2D eigenvalue weighted by Crippen LogP contribution is 2.30. The van der Waals surface area contributed by atoms with Crippen molar-refractivity contribution < 1.29 is 4.79 Å². The molecule has 0 atom stereocenters. The van der Waals surface area contributed by atoms with Gasteiger partial charge in [0.1, 0.15) is 5.82 Å². The second kappa shape index (κ2) is 9.47. The first-order valence-electron chi connectivity index (χ1n) is 11.4. The minimum absolute atomic E-state index is 0.173. The molecule has 2 aromatic carbocycles. The van der Waals surface area contributed by atoms with Gasteiger partial charge in [-0.3, -0.25) is 0 Å². The number of fused-ring (bicyclic) bond motifs is 1. The van der Waals surface area contributed by atoms with Crippen LogP contribution in [0, 0.1) is 6.92 Å². The minimum atomic E-state index is -0.337. The predicted molar refractivity (Wildman–Crippen MR) is 132 cm³/mol.